The predicted molar refractivity (Wildman–Crippen MR) is 133 cm³/mol. The lowest BCUT2D eigenvalue weighted by atomic mass is 10.1. The summed E-state index contributed by atoms with van der Waals surface area (Å²) in [6.07, 6.45) is -0.711. The first kappa shape index (κ1) is 24.5. The zero-order valence-corrected chi connectivity index (χ0v) is 20.1. The summed E-state index contributed by atoms with van der Waals surface area (Å²) < 4.78 is 24.4. The predicted octanol–water partition coefficient (Wildman–Crippen LogP) is 5.38. The van der Waals surface area contributed by atoms with Crippen LogP contribution in [-0.4, -0.2) is 35.5 Å². The molecule has 0 bridgehead atoms. The van der Waals surface area contributed by atoms with E-state index in [2.05, 4.69) is 0 Å². The van der Waals surface area contributed by atoms with Crippen LogP contribution in [0.25, 0.3) is 0 Å². The lowest BCUT2D eigenvalue weighted by Gasteiger charge is -2.26. The van der Waals surface area contributed by atoms with Crippen molar-refractivity contribution in [2.24, 2.45) is 0 Å². The maximum atomic E-state index is 11.8. The highest BCUT2D eigenvalue weighted by Gasteiger charge is 2.48. The van der Waals surface area contributed by atoms with Crippen molar-refractivity contribution in [3.05, 3.63) is 108 Å². The molecule has 0 spiro atoms. The largest absolute Gasteiger partial charge is 0.449 e. The molecule has 1 fully saturated rings. The van der Waals surface area contributed by atoms with Crippen molar-refractivity contribution >= 4 is 17.7 Å². The molecule has 0 unspecified atom stereocenters. The third-order valence-corrected chi connectivity index (χ3v) is 6.90. The summed E-state index contributed by atoms with van der Waals surface area (Å²) in [4.78, 5) is 11.8. The maximum Gasteiger partial charge on any atom is 0.303 e. The fourth-order valence-electron chi connectivity index (χ4n) is 3.86. The Labute approximate surface area is 205 Å². The van der Waals surface area contributed by atoms with Crippen molar-refractivity contribution in [2.45, 2.75) is 49.6 Å². The monoisotopic (exact) mass is 478 g/mol. The number of carbonyl (C=O) groups excluding carboxylic acids is 1. The van der Waals surface area contributed by atoms with Gasteiger partial charge < -0.3 is 18.9 Å². The Morgan fingerprint density at radius 1 is 0.706 bits per heavy atom. The van der Waals surface area contributed by atoms with Crippen LogP contribution in [0.5, 0.6) is 0 Å². The van der Waals surface area contributed by atoms with Crippen molar-refractivity contribution < 1.29 is 23.7 Å². The van der Waals surface area contributed by atoms with Crippen LogP contribution in [0, 0.1) is 0 Å². The minimum absolute atomic E-state index is 0.0439. The highest BCUT2D eigenvalue weighted by molar-refractivity contribution is 8.00. The van der Waals surface area contributed by atoms with E-state index in [1.165, 1.54) is 6.92 Å². The fourth-order valence-corrected chi connectivity index (χ4v) is 5.35. The zero-order chi connectivity index (χ0) is 23.6. The first-order chi connectivity index (χ1) is 16.7. The summed E-state index contributed by atoms with van der Waals surface area (Å²) in [5.74, 6) is -0.335. The summed E-state index contributed by atoms with van der Waals surface area (Å²) in [6, 6.07) is 30.1. The van der Waals surface area contributed by atoms with E-state index in [-0.39, 0.29) is 17.3 Å². The number of rotatable bonds is 11. The molecule has 1 aliphatic heterocycles. The molecule has 3 aromatic rings. The first-order valence-electron chi connectivity index (χ1n) is 11.4. The van der Waals surface area contributed by atoms with Crippen LogP contribution in [0.2, 0.25) is 0 Å². The van der Waals surface area contributed by atoms with Gasteiger partial charge in [-0.1, -0.05) is 91.0 Å². The smallest absolute Gasteiger partial charge is 0.303 e. The van der Waals surface area contributed by atoms with Gasteiger partial charge in [0.2, 0.25) is 0 Å². The molecule has 0 aromatic heterocycles. The van der Waals surface area contributed by atoms with Gasteiger partial charge in [-0.25, -0.2) is 0 Å². The van der Waals surface area contributed by atoms with E-state index in [4.69, 9.17) is 18.9 Å². The molecule has 0 amide bonds. The van der Waals surface area contributed by atoms with E-state index < -0.39 is 11.5 Å². The molecule has 6 heteroatoms. The summed E-state index contributed by atoms with van der Waals surface area (Å²) >= 11 is 1.54. The molecule has 0 saturated carbocycles. The number of thioether (sulfide) groups is 1. The second-order valence-corrected chi connectivity index (χ2v) is 9.52. The first-order valence-corrected chi connectivity index (χ1v) is 12.4. The Balaban J connectivity index is 1.47. The van der Waals surface area contributed by atoms with Gasteiger partial charge in [0, 0.05) is 6.92 Å². The second-order valence-electron chi connectivity index (χ2n) is 8.18. The number of hydrogen-bond acceptors (Lipinski definition) is 6. The molecule has 34 heavy (non-hydrogen) atoms. The quantitative estimate of drug-likeness (QED) is 0.345. The second kappa shape index (κ2) is 12.7. The van der Waals surface area contributed by atoms with Crippen LogP contribution in [-0.2, 0) is 43.6 Å². The summed E-state index contributed by atoms with van der Waals surface area (Å²) in [5.41, 5.74) is 2.78. The van der Waals surface area contributed by atoms with Crippen molar-refractivity contribution in [3.63, 3.8) is 0 Å². The van der Waals surface area contributed by atoms with Gasteiger partial charge in [0.05, 0.1) is 31.7 Å². The number of carbonyl (C=O) groups is 1. The lowest BCUT2D eigenvalue weighted by molar-refractivity contribution is -0.155. The minimum atomic E-state index is -0.465. The average Bonchev–Trinajstić information content (AvgIpc) is 3.18. The van der Waals surface area contributed by atoms with Crippen LogP contribution in [0.3, 0.4) is 0 Å². The van der Waals surface area contributed by atoms with Gasteiger partial charge in [0.1, 0.15) is 12.2 Å². The van der Waals surface area contributed by atoms with Gasteiger partial charge in [0.25, 0.3) is 0 Å². The van der Waals surface area contributed by atoms with E-state index in [1.807, 2.05) is 91.0 Å². The van der Waals surface area contributed by atoms with E-state index in [0.29, 0.717) is 26.4 Å². The highest BCUT2D eigenvalue weighted by Crippen LogP contribution is 2.40. The third-order valence-electron chi connectivity index (χ3n) is 5.51. The fraction of sp³-hybridized carbons (Fsp3) is 0.321. The van der Waals surface area contributed by atoms with Gasteiger partial charge in [0.15, 0.2) is 5.44 Å². The van der Waals surface area contributed by atoms with Crippen molar-refractivity contribution in [3.8, 4) is 0 Å². The Bertz CT molecular complexity index is 999. The number of hydrogen-bond donors (Lipinski definition) is 0. The molecule has 4 atom stereocenters. The Hall–Kier alpha value is -2.64. The van der Waals surface area contributed by atoms with Gasteiger partial charge in [-0.2, -0.15) is 0 Å². The third kappa shape index (κ3) is 7.18. The standard InChI is InChI=1S/C28H30O5S/c1-21(29)33-28-27(32-19-24-15-9-4-10-16-24)26(31-18-23-13-7-3-8-14-23)25(34-28)20-30-17-22-11-5-2-6-12-22/h2-16,25-28H,17-20H2,1H3/t25-,26-,27+,28-/m0/s1. The molecule has 1 aliphatic rings. The summed E-state index contributed by atoms with van der Waals surface area (Å²) in [5, 5.41) is -0.0439. The van der Waals surface area contributed by atoms with Crippen LogP contribution >= 0.6 is 11.8 Å². The molecule has 1 heterocycles. The molecular formula is C28H30O5S. The van der Waals surface area contributed by atoms with Crippen LogP contribution in [0.1, 0.15) is 23.6 Å². The van der Waals surface area contributed by atoms with Crippen molar-refractivity contribution in [1.82, 2.24) is 0 Å². The van der Waals surface area contributed by atoms with Crippen LogP contribution in [0.15, 0.2) is 91.0 Å². The molecule has 0 aliphatic carbocycles. The van der Waals surface area contributed by atoms with Gasteiger partial charge in [-0.05, 0) is 16.7 Å². The normalized spacial score (nSPS) is 21.9. The molecule has 5 nitrogen and oxygen atoms in total. The van der Waals surface area contributed by atoms with Gasteiger partial charge in [-0.15, -0.1) is 11.8 Å². The molecule has 0 radical (unpaired) electrons. The highest BCUT2D eigenvalue weighted by atomic mass is 32.2. The van der Waals surface area contributed by atoms with Gasteiger partial charge >= 0.3 is 5.97 Å². The molecular weight excluding hydrogens is 448 g/mol. The minimum Gasteiger partial charge on any atom is -0.449 e. The van der Waals surface area contributed by atoms with Crippen LogP contribution < -0.4 is 0 Å². The lowest BCUT2D eigenvalue weighted by Crippen LogP contribution is -2.40. The topological polar surface area (TPSA) is 54.0 Å². The maximum absolute atomic E-state index is 11.8. The van der Waals surface area contributed by atoms with Crippen LogP contribution in [0.4, 0.5) is 0 Å². The molecule has 178 valence electrons. The average molecular weight is 479 g/mol. The molecule has 3 aromatic carbocycles. The Kier molecular flexibility index (Phi) is 9.16. The zero-order valence-electron chi connectivity index (χ0n) is 19.2. The summed E-state index contributed by atoms with van der Waals surface area (Å²) in [6.45, 7) is 3.25. The van der Waals surface area contributed by atoms with E-state index >= 15 is 0 Å². The number of benzene rings is 3. The molecule has 0 N–H and O–H groups in total. The molecule has 1 saturated heterocycles. The van der Waals surface area contributed by atoms with Gasteiger partial charge in [-0.3, -0.25) is 4.79 Å². The summed E-state index contributed by atoms with van der Waals surface area (Å²) in [7, 11) is 0. The van der Waals surface area contributed by atoms with E-state index in [9.17, 15) is 4.79 Å². The van der Waals surface area contributed by atoms with Crippen molar-refractivity contribution in [2.75, 3.05) is 6.61 Å². The van der Waals surface area contributed by atoms with E-state index in [0.717, 1.165) is 16.7 Å². The van der Waals surface area contributed by atoms with E-state index in [1.54, 1.807) is 11.8 Å². The SMILES string of the molecule is CC(=O)O[C@H]1S[C@@H](COCc2ccccc2)[C@H](OCc2ccccc2)[C@H]1OCc1ccccc1. The number of esters is 1. The van der Waals surface area contributed by atoms with Crippen molar-refractivity contribution in [1.29, 1.82) is 0 Å². The Morgan fingerprint density at radius 2 is 1.18 bits per heavy atom. The molecule has 4 rings (SSSR count). The number of ether oxygens (including phenoxy) is 4. The Morgan fingerprint density at radius 3 is 1.68 bits per heavy atom.